The summed E-state index contributed by atoms with van der Waals surface area (Å²) >= 11 is 0. The Balaban J connectivity index is 1.31. The molecule has 1 aliphatic heterocycles. The van der Waals surface area contributed by atoms with Crippen LogP contribution in [0.25, 0.3) is 11.3 Å². The summed E-state index contributed by atoms with van der Waals surface area (Å²) < 4.78 is 31.1. The highest BCUT2D eigenvalue weighted by molar-refractivity contribution is 6.13. The summed E-state index contributed by atoms with van der Waals surface area (Å²) in [4.78, 5) is 71.1. The van der Waals surface area contributed by atoms with Crippen molar-refractivity contribution in [3.05, 3.63) is 89.9 Å². The number of rotatable bonds is 15. The zero-order valence-corrected chi connectivity index (χ0v) is 31.3. The van der Waals surface area contributed by atoms with Gasteiger partial charge in [-0.25, -0.2) is 13.8 Å². The van der Waals surface area contributed by atoms with Crippen LogP contribution >= 0.6 is 0 Å². The highest BCUT2D eigenvalue weighted by atomic mass is 19.1. The molecule has 0 bridgehead atoms. The molecule has 55 heavy (non-hydrogen) atoms. The van der Waals surface area contributed by atoms with Gasteiger partial charge in [0.15, 0.2) is 0 Å². The fourth-order valence-electron chi connectivity index (χ4n) is 7.63. The standard InChI is InChI=1S/C40H49F2N7O6/c1-39(2,3)35(36-46-31(28-21-26(41)9-10-29(28)42)23-47(36)22-25-7-5-4-6-8-25)48(34(53)24-50)20-15-30(43)37(54)45-19-18-40(38(44)55)16-13-27(14-17-40)49-32(51)11-12-33(49)52/h4-12,21,23,27,30,35,50H,13-20,22,24,43H2,1-3H3,(H2,44,55)(H,45,54)/t27?,30-,35-,40?/m0/s1. The van der Waals surface area contributed by atoms with Crippen molar-refractivity contribution in [2.75, 3.05) is 19.7 Å². The number of carbonyl (C=O) groups excluding carboxylic acids is 5. The molecule has 1 fully saturated rings. The van der Waals surface area contributed by atoms with Crippen LogP contribution in [0.15, 0.2) is 66.9 Å². The Morgan fingerprint density at radius 3 is 2.31 bits per heavy atom. The molecule has 13 nitrogen and oxygen atoms in total. The molecule has 1 aliphatic carbocycles. The van der Waals surface area contributed by atoms with Crippen LogP contribution in [-0.2, 0) is 30.5 Å². The van der Waals surface area contributed by atoms with Crippen LogP contribution in [0, 0.1) is 22.5 Å². The van der Waals surface area contributed by atoms with Gasteiger partial charge in [0.25, 0.3) is 11.8 Å². The number of benzene rings is 2. The first-order chi connectivity index (χ1) is 26.0. The Hall–Kier alpha value is -5.28. The molecule has 1 saturated carbocycles. The monoisotopic (exact) mass is 761 g/mol. The molecular weight excluding hydrogens is 712 g/mol. The normalized spacial score (nSPS) is 19.7. The van der Waals surface area contributed by atoms with Gasteiger partial charge in [-0.15, -0.1) is 0 Å². The van der Waals surface area contributed by atoms with E-state index in [1.165, 1.54) is 22.0 Å². The number of halogens is 2. The number of nitrogens with two attached hydrogens (primary N) is 2. The highest BCUT2D eigenvalue weighted by Crippen LogP contribution is 2.42. The van der Waals surface area contributed by atoms with Gasteiger partial charge in [0.05, 0.1) is 23.2 Å². The van der Waals surface area contributed by atoms with Crippen molar-refractivity contribution in [2.45, 2.75) is 84.0 Å². The largest absolute Gasteiger partial charge is 0.387 e. The summed E-state index contributed by atoms with van der Waals surface area (Å²) in [6.07, 6.45) is 5.77. The van der Waals surface area contributed by atoms with Gasteiger partial charge in [-0.05, 0) is 67.7 Å². The van der Waals surface area contributed by atoms with Crippen LogP contribution in [0.1, 0.15) is 76.7 Å². The van der Waals surface area contributed by atoms with E-state index in [4.69, 9.17) is 16.5 Å². The molecule has 294 valence electrons. The van der Waals surface area contributed by atoms with Crippen LogP contribution in [0.5, 0.6) is 0 Å². The maximum atomic E-state index is 15.0. The van der Waals surface area contributed by atoms with Crippen molar-refractivity contribution >= 4 is 29.5 Å². The number of nitrogens with zero attached hydrogens (tertiary/aromatic N) is 4. The summed E-state index contributed by atoms with van der Waals surface area (Å²) in [7, 11) is 0. The predicted molar refractivity (Wildman–Crippen MR) is 199 cm³/mol. The van der Waals surface area contributed by atoms with Gasteiger partial charge < -0.3 is 31.4 Å². The molecule has 2 aliphatic rings. The van der Waals surface area contributed by atoms with E-state index in [9.17, 15) is 33.5 Å². The van der Waals surface area contributed by atoms with Gasteiger partial charge in [-0.1, -0.05) is 51.1 Å². The Kier molecular flexibility index (Phi) is 12.7. The first kappa shape index (κ1) is 40.9. The van der Waals surface area contributed by atoms with Gasteiger partial charge in [0, 0.05) is 49.6 Å². The lowest BCUT2D eigenvalue weighted by molar-refractivity contribution is -0.142. The molecular formula is C40H49F2N7O6. The number of primary amides is 1. The Morgan fingerprint density at radius 1 is 1.05 bits per heavy atom. The van der Waals surface area contributed by atoms with Crippen molar-refractivity contribution in [1.82, 2.24) is 24.7 Å². The highest BCUT2D eigenvalue weighted by Gasteiger charge is 2.44. The minimum absolute atomic E-state index is 0.0104. The molecule has 5 amide bonds. The third kappa shape index (κ3) is 9.34. The zero-order chi connectivity index (χ0) is 40.1. The van der Waals surface area contributed by atoms with E-state index in [1.807, 2.05) is 51.1 Å². The van der Waals surface area contributed by atoms with E-state index < -0.39 is 58.9 Å². The quantitative estimate of drug-likeness (QED) is 0.169. The second-order valence-electron chi connectivity index (χ2n) is 15.4. The molecule has 6 N–H and O–H groups in total. The summed E-state index contributed by atoms with van der Waals surface area (Å²) in [5.74, 6) is -3.41. The van der Waals surface area contributed by atoms with Crippen LogP contribution < -0.4 is 16.8 Å². The SMILES string of the molecule is CC(C)(C)[C@H](c1nc(-c2cc(F)ccc2F)cn1Cc1ccccc1)N(CC[C@H](N)C(=O)NCCC1(C(N)=O)CCC(N2C(=O)C=CC2=O)CC1)C(=O)CO. The Bertz CT molecular complexity index is 1920. The minimum Gasteiger partial charge on any atom is -0.387 e. The molecule has 0 saturated heterocycles. The number of aliphatic hydroxyl groups excluding tert-OH is 1. The van der Waals surface area contributed by atoms with Crippen molar-refractivity contribution in [3.63, 3.8) is 0 Å². The average Bonchev–Trinajstić information content (AvgIpc) is 3.71. The smallest absolute Gasteiger partial charge is 0.253 e. The number of aromatic nitrogens is 2. The Labute approximate surface area is 318 Å². The number of hydrogen-bond donors (Lipinski definition) is 4. The lowest BCUT2D eigenvalue weighted by atomic mass is 9.69. The van der Waals surface area contributed by atoms with E-state index >= 15 is 4.39 Å². The van der Waals surface area contributed by atoms with E-state index in [-0.39, 0.29) is 61.6 Å². The third-order valence-electron chi connectivity index (χ3n) is 10.6. The summed E-state index contributed by atoms with van der Waals surface area (Å²) in [6.45, 7) is 5.11. The molecule has 3 aromatic rings. The molecule has 0 spiro atoms. The number of carbonyl (C=O) groups is 5. The van der Waals surface area contributed by atoms with Gasteiger partial charge in [0.2, 0.25) is 17.7 Å². The molecule has 2 atom stereocenters. The molecule has 15 heteroatoms. The molecule has 0 unspecified atom stereocenters. The first-order valence-electron chi connectivity index (χ1n) is 18.4. The van der Waals surface area contributed by atoms with Gasteiger partial charge >= 0.3 is 0 Å². The number of amides is 5. The van der Waals surface area contributed by atoms with E-state index in [1.54, 1.807) is 10.8 Å². The summed E-state index contributed by atoms with van der Waals surface area (Å²) in [5, 5.41) is 12.9. The maximum absolute atomic E-state index is 15.0. The third-order valence-corrected chi connectivity index (χ3v) is 10.6. The van der Waals surface area contributed by atoms with E-state index in [0.717, 1.165) is 23.8 Å². The average molecular weight is 762 g/mol. The molecule has 2 aromatic carbocycles. The fourth-order valence-corrected chi connectivity index (χ4v) is 7.63. The molecule has 2 heterocycles. The summed E-state index contributed by atoms with van der Waals surface area (Å²) in [5.41, 5.74) is 11.5. The van der Waals surface area contributed by atoms with Crippen molar-refractivity contribution in [2.24, 2.45) is 22.3 Å². The van der Waals surface area contributed by atoms with Crippen LogP contribution in [0.2, 0.25) is 0 Å². The number of nitrogens with one attached hydrogen (secondary N) is 1. The molecule has 5 rings (SSSR count). The van der Waals surface area contributed by atoms with Crippen LogP contribution in [0.3, 0.4) is 0 Å². The van der Waals surface area contributed by atoms with Crippen LogP contribution in [-0.4, -0.2) is 85.8 Å². The summed E-state index contributed by atoms with van der Waals surface area (Å²) in [6, 6.07) is 10.3. The maximum Gasteiger partial charge on any atom is 0.253 e. The van der Waals surface area contributed by atoms with Gasteiger partial charge in [-0.2, -0.15) is 0 Å². The van der Waals surface area contributed by atoms with Gasteiger partial charge in [-0.3, -0.25) is 28.9 Å². The minimum atomic E-state index is -1.09. The van der Waals surface area contributed by atoms with Crippen molar-refractivity contribution in [1.29, 1.82) is 0 Å². The molecule has 0 radical (unpaired) electrons. The Morgan fingerprint density at radius 2 is 1.71 bits per heavy atom. The topological polar surface area (TPSA) is 194 Å². The van der Waals surface area contributed by atoms with E-state index in [2.05, 4.69) is 5.32 Å². The second kappa shape index (κ2) is 17.0. The second-order valence-corrected chi connectivity index (χ2v) is 15.4. The number of aliphatic hydroxyl groups is 1. The van der Waals surface area contributed by atoms with Crippen LogP contribution in [0.4, 0.5) is 8.78 Å². The predicted octanol–water partition coefficient (Wildman–Crippen LogP) is 3.35. The van der Waals surface area contributed by atoms with Crippen molar-refractivity contribution in [3.8, 4) is 11.3 Å². The number of hydrogen-bond acceptors (Lipinski definition) is 8. The molecule has 1 aromatic heterocycles. The van der Waals surface area contributed by atoms with Gasteiger partial charge in [0.1, 0.15) is 24.1 Å². The zero-order valence-electron chi connectivity index (χ0n) is 31.3. The first-order valence-corrected chi connectivity index (χ1v) is 18.4. The number of imidazole rings is 1. The lowest BCUT2D eigenvalue weighted by Crippen LogP contribution is -2.50. The van der Waals surface area contributed by atoms with E-state index in [0.29, 0.717) is 31.5 Å². The number of imide groups is 1. The lowest BCUT2D eigenvalue weighted by Gasteiger charge is -2.40. The fraction of sp³-hybridized carbons (Fsp3) is 0.450. The van der Waals surface area contributed by atoms with Crippen molar-refractivity contribution < 1.29 is 37.9 Å².